The van der Waals surface area contributed by atoms with Crippen molar-refractivity contribution in [1.29, 1.82) is 0 Å². The van der Waals surface area contributed by atoms with Crippen molar-refractivity contribution in [1.82, 2.24) is 5.43 Å². The van der Waals surface area contributed by atoms with Crippen LogP contribution in [0.2, 0.25) is 0 Å². The molecule has 0 atom stereocenters. The van der Waals surface area contributed by atoms with Crippen molar-refractivity contribution >= 4 is 17.3 Å². The first-order valence-electron chi connectivity index (χ1n) is 8.39. The first-order chi connectivity index (χ1) is 12.0. The molecule has 2 aromatic rings. The fraction of sp³-hybridized carbons (Fsp3) is 0.300. The largest absolute Gasteiger partial charge is 0.494 e. The zero-order valence-corrected chi connectivity index (χ0v) is 15.0. The summed E-state index contributed by atoms with van der Waals surface area (Å²) in [5, 5.41) is 4.13. The molecule has 0 bridgehead atoms. The monoisotopic (exact) mass is 339 g/mol. The lowest BCUT2D eigenvalue weighted by Gasteiger charge is -2.08. The number of anilines is 1. The minimum absolute atomic E-state index is 0.267. The molecular formula is C20H25N3O2. The number of hydrazone groups is 1. The normalized spacial score (nSPS) is 11.4. The van der Waals surface area contributed by atoms with E-state index in [0.29, 0.717) is 29.5 Å². The summed E-state index contributed by atoms with van der Waals surface area (Å²) in [6.07, 6.45) is 1.00. The molecule has 0 unspecified atom stereocenters. The zero-order chi connectivity index (χ0) is 18.2. The Hall–Kier alpha value is -2.82. The van der Waals surface area contributed by atoms with E-state index in [-0.39, 0.29) is 5.91 Å². The molecule has 132 valence electrons. The fourth-order valence-corrected chi connectivity index (χ4v) is 2.14. The van der Waals surface area contributed by atoms with Gasteiger partial charge in [-0.3, -0.25) is 4.79 Å². The molecule has 0 aliphatic carbocycles. The number of nitrogens with one attached hydrogen (secondary N) is 1. The maximum Gasteiger partial charge on any atom is 0.271 e. The Kier molecular flexibility index (Phi) is 6.57. The average molecular weight is 339 g/mol. The van der Waals surface area contributed by atoms with Crippen LogP contribution >= 0.6 is 0 Å². The van der Waals surface area contributed by atoms with Gasteiger partial charge in [0.1, 0.15) is 5.75 Å². The number of hydrogen-bond acceptors (Lipinski definition) is 4. The third-order valence-electron chi connectivity index (χ3n) is 3.71. The number of carbonyl (C=O) groups excluding carboxylic acids is 1. The SMILES string of the molecule is CC(=NNC(=O)c1ccc(OCCC(C)C)cc1)c1cccc(N)c1. The second kappa shape index (κ2) is 8.87. The highest BCUT2D eigenvalue weighted by molar-refractivity contribution is 6.01. The molecule has 1 amide bonds. The van der Waals surface area contributed by atoms with Crippen LogP contribution in [0.15, 0.2) is 53.6 Å². The third kappa shape index (κ3) is 5.95. The Balaban J connectivity index is 1.93. The molecule has 2 aromatic carbocycles. The predicted octanol–water partition coefficient (Wildman–Crippen LogP) is 3.85. The Morgan fingerprint density at radius 3 is 2.52 bits per heavy atom. The van der Waals surface area contributed by atoms with E-state index in [1.165, 1.54) is 0 Å². The van der Waals surface area contributed by atoms with Crippen LogP contribution in [-0.2, 0) is 0 Å². The quantitative estimate of drug-likeness (QED) is 0.457. The molecule has 0 heterocycles. The molecule has 3 N–H and O–H groups in total. The van der Waals surface area contributed by atoms with Gasteiger partial charge >= 0.3 is 0 Å². The Bertz CT molecular complexity index is 737. The summed E-state index contributed by atoms with van der Waals surface area (Å²) >= 11 is 0. The van der Waals surface area contributed by atoms with Crippen LogP contribution < -0.4 is 15.9 Å². The average Bonchev–Trinajstić information content (AvgIpc) is 2.59. The summed E-state index contributed by atoms with van der Waals surface area (Å²) in [7, 11) is 0. The van der Waals surface area contributed by atoms with Gasteiger partial charge in [-0.25, -0.2) is 5.43 Å². The van der Waals surface area contributed by atoms with E-state index in [9.17, 15) is 4.79 Å². The predicted molar refractivity (Wildman–Crippen MR) is 102 cm³/mol. The summed E-state index contributed by atoms with van der Waals surface area (Å²) in [5.74, 6) is 1.10. The lowest BCUT2D eigenvalue weighted by atomic mass is 10.1. The number of hydrogen-bond donors (Lipinski definition) is 2. The Labute approximate surface area is 148 Å². The van der Waals surface area contributed by atoms with Crippen molar-refractivity contribution in [2.45, 2.75) is 27.2 Å². The molecule has 0 saturated carbocycles. The second-order valence-electron chi connectivity index (χ2n) is 6.32. The number of carbonyl (C=O) groups is 1. The van der Waals surface area contributed by atoms with Gasteiger partial charge in [0, 0.05) is 11.3 Å². The van der Waals surface area contributed by atoms with Crippen LogP contribution in [-0.4, -0.2) is 18.2 Å². The maximum atomic E-state index is 12.2. The van der Waals surface area contributed by atoms with E-state index >= 15 is 0 Å². The summed E-state index contributed by atoms with van der Waals surface area (Å²) < 4.78 is 5.65. The van der Waals surface area contributed by atoms with Gasteiger partial charge in [-0.05, 0) is 61.2 Å². The highest BCUT2D eigenvalue weighted by Gasteiger charge is 2.06. The molecular weight excluding hydrogens is 314 g/mol. The van der Waals surface area contributed by atoms with Gasteiger partial charge in [-0.2, -0.15) is 5.10 Å². The molecule has 0 saturated heterocycles. The molecule has 0 spiro atoms. The molecule has 25 heavy (non-hydrogen) atoms. The van der Waals surface area contributed by atoms with Crippen molar-refractivity contribution in [3.63, 3.8) is 0 Å². The van der Waals surface area contributed by atoms with Crippen LogP contribution in [0.1, 0.15) is 43.1 Å². The van der Waals surface area contributed by atoms with E-state index in [4.69, 9.17) is 10.5 Å². The fourth-order valence-electron chi connectivity index (χ4n) is 2.14. The molecule has 5 heteroatoms. The highest BCUT2D eigenvalue weighted by Crippen LogP contribution is 2.13. The van der Waals surface area contributed by atoms with E-state index in [0.717, 1.165) is 17.7 Å². The summed E-state index contributed by atoms with van der Waals surface area (Å²) in [4.78, 5) is 12.2. The minimum atomic E-state index is -0.267. The van der Waals surface area contributed by atoms with Crippen LogP contribution in [0.3, 0.4) is 0 Å². The summed E-state index contributed by atoms with van der Waals surface area (Å²) in [6, 6.07) is 14.4. The summed E-state index contributed by atoms with van der Waals surface area (Å²) in [6.45, 7) is 6.81. The van der Waals surface area contributed by atoms with Gasteiger partial charge < -0.3 is 10.5 Å². The standard InChI is InChI=1S/C20H25N3O2/c1-14(2)11-12-25-19-9-7-16(8-10-19)20(24)23-22-15(3)17-5-4-6-18(21)13-17/h4-10,13-14H,11-12,21H2,1-3H3,(H,23,24). The second-order valence-corrected chi connectivity index (χ2v) is 6.32. The number of benzene rings is 2. The minimum Gasteiger partial charge on any atom is -0.494 e. The smallest absolute Gasteiger partial charge is 0.271 e. The van der Waals surface area contributed by atoms with Gasteiger partial charge in [0.2, 0.25) is 0 Å². The van der Waals surface area contributed by atoms with Gasteiger partial charge in [0.15, 0.2) is 0 Å². The van der Waals surface area contributed by atoms with Gasteiger partial charge in [-0.15, -0.1) is 0 Å². The summed E-state index contributed by atoms with van der Waals surface area (Å²) in [5.41, 5.74) is 11.1. The zero-order valence-electron chi connectivity index (χ0n) is 15.0. The van der Waals surface area contributed by atoms with Crippen molar-refractivity contribution in [2.75, 3.05) is 12.3 Å². The molecule has 2 rings (SSSR count). The van der Waals surface area contributed by atoms with Crippen LogP contribution in [0.5, 0.6) is 5.75 Å². The molecule has 0 aliphatic rings. The third-order valence-corrected chi connectivity index (χ3v) is 3.71. The maximum absolute atomic E-state index is 12.2. The van der Waals surface area contributed by atoms with Crippen molar-refractivity contribution in [3.8, 4) is 5.75 Å². The Morgan fingerprint density at radius 2 is 1.88 bits per heavy atom. The molecule has 0 aliphatic heterocycles. The van der Waals surface area contributed by atoms with Crippen molar-refractivity contribution < 1.29 is 9.53 Å². The van der Waals surface area contributed by atoms with Gasteiger partial charge in [-0.1, -0.05) is 26.0 Å². The number of nitrogen functional groups attached to an aromatic ring is 1. The molecule has 0 radical (unpaired) electrons. The number of ether oxygens (including phenoxy) is 1. The van der Waals surface area contributed by atoms with E-state index in [1.54, 1.807) is 30.3 Å². The van der Waals surface area contributed by atoms with Crippen molar-refractivity contribution in [2.24, 2.45) is 11.0 Å². The molecule has 5 nitrogen and oxygen atoms in total. The number of rotatable bonds is 7. The number of amides is 1. The van der Waals surface area contributed by atoms with Gasteiger partial charge in [0.05, 0.1) is 12.3 Å². The first-order valence-corrected chi connectivity index (χ1v) is 8.39. The van der Waals surface area contributed by atoms with E-state index in [2.05, 4.69) is 24.4 Å². The number of nitrogens with zero attached hydrogens (tertiary/aromatic N) is 1. The van der Waals surface area contributed by atoms with Crippen LogP contribution in [0.25, 0.3) is 0 Å². The molecule has 0 aromatic heterocycles. The molecule has 0 fully saturated rings. The Morgan fingerprint density at radius 1 is 1.16 bits per heavy atom. The van der Waals surface area contributed by atoms with Crippen molar-refractivity contribution in [3.05, 3.63) is 59.7 Å². The van der Waals surface area contributed by atoms with Crippen LogP contribution in [0.4, 0.5) is 5.69 Å². The lowest BCUT2D eigenvalue weighted by Crippen LogP contribution is -2.19. The first kappa shape index (κ1) is 18.5. The highest BCUT2D eigenvalue weighted by atomic mass is 16.5. The van der Waals surface area contributed by atoms with Crippen LogP contribution in [0, 0.1) is 5.92 Å². The van der Waals surface area contributed by atoms with E-state index < -0.39 is 0 Å². The van der Waals surface area contributed by atoms with Gasteiger partial charge in [0.25, 0.3) is 5.91 Å². The lowest BCUT2D eigenvalue weighted by molar-refractivity contribution is 0.0955. The topological polar surface area (TPSA) is 76.7 Å². The number of nitrogens with two attached hydrogens (primary N) is 1. The van der Waals surface area contributed by atoms with E-state index in [1.807, 2.05) is 25.1 Å².